The lowest BCUT2D eigenvalue weighted by atomic mass is 10.1. The van der Waals surface area contributed by atoms with Crippen LogP contribution in [0.5, 0.6) is 0 Å². The van der Waals surface area contributed by atoms with Crippen LogP contribution in [0.2, 0.25) is 0 Å². The average Bonchev–Trinajstić information content (AvgIpc) is 3.42. The molecule has 0 bridgehead atoms. The van der Waals surface area contributed by atoms with E-state index in [1.54, 1.807) is 18.5 Å². The third-order valence-electron chi connectivity index (χ3n) is 5.93. The minimum Gasteiger partial charge on any atom is -0.338 e. The minimum atomic E-state index is -0.606. The van der Waals surface area contributed by atoms with E-state index in [2.05, 4.69) is 10.3 Å². The first-order chi connectivity index (χ1) is 17.0. The van der Waals surface area contributed by atoms with E-state index in [4.69, 9.17) is 5.10 Å². The van der Waals surface area contributed by atoms with E-state index in [0.717, 1.165) is 15.7 Å². The van der Waals surface area contributed by atoms with Gasteiger partial charge in [0.1, 0.15) is 17.1 Å². The summed E-state index contributed by atoms with van der Waals surface area (Å²) in [6.07, 6.45) is 7.61. The van der Waals surface area contributed by atoms with Crippen molar-refractivity contribution in [1.82, 2.24) is 23.9 Å². The average molecular weight is 469 g/mol. The lowest BCUT2D eigenvalue weighted by Crippen LogP contribution is -2.40. The number of anilines is 1. The predicted octanol–water partition coefficient (Wildman–Crippen LogP) is 2.91. The first-order valence-electron chi connectivity index (χ1n) is 11.4. The van der Waals surface area contributed by atoms with Crippen molar-refractivity contribution in [3.8, 4) is 11.3 Å². The molecule has 1 N–H and O–H groups in total. The number of fused-ring (bicyclic) bond motifs is 1. The highest BCUT2D eigenvalue weighted by atomic mass is 16.2. The van der Waals surface area contributed by atoms with Gasteiger partial charge in [-0.1, -0.05) is 37.3 Å². The van der Waals surface area contributed by atoms with Gasteiger partial charge >= 0.3 is 5.69 Å². The highest BCUT2D eigenvalue weighted by molar-refractivity contribution is 6.20. The van der Waals surface area contributed by atoms with Crippen molar-refractivity contribution in [2.45, 2.75) is 26.4 Å². The Hall–Kier alpha value is -4.53. The Bertz CT molecular complexity index is 1560. The molecule has 0 radical (unpaired) electrons. The minimum absolute atomic E-state index is 0.0218. The Kier molecular flexibility index (Phi) is 5.74. The van der Waals surface area contributed by atoms with Crippen LogP contribution in [0.1, 0.15) is 34.8 Å². The quantitative estimate of drug-likeness (QED) is 0.437. The van der Waals surface area contributed by atoms with Gasteiger partial charge in [0.2, 0.25) is 5.78 Å². The van der Waals surface area contributed by atoms with E-state index in [1.807, 2.05) is 60.3 Å². The fourth-order valence-corrected chi connectivity index (χ4v) is 4.23. The molecule has 0 saturated carbocycles. The molecule has 0 saturated heterocycles. The lowest BCUT2D eigenvalue weighted by Gasteiger charge is -2.11. The number of hydrogen-bond acceptors (Lipinski definition) is 6. The summed E-state index contributed by atoms with van der Waals surface area (Å²) in [5, 5.41) is 7.80. The van der Waals surface area contributed by atoms with Crippen LogP contribution in [0, 0.1) is 0 Å². The molecule has 9 heteroatoms. The first-order valence-corrected chi connectivity index (χ1v) is 11.4. The Morgan fingerprint density at radius 2 is 1.86 bits per heavy atom. The summed E-state index contributed by atoms with van der Waals surface area (Å²) < 4.78 is 4.23. The van der Waals surface area contributed by atoms with Gasteiger partial charge in [0.05, 0.1) is 12.2 Å². The molecule has 0 fully saturated rings. The van der Waals surface area contributed by atoms with Gasteiger partial charge in [-0.25, -0.2) is 4.79 Å². The van der Waals surface area contributed by atoms with Crippen molar-refractivity contribution in [3.05, 3.63) is 104 Å². The van der Waals surface area contributed by atoms with Gasteiger partial charge in [0.15, 0.2) is 0 Å². The molecule has 0 unspecified atom stereocenters. The molecule has 4 heterocycles. The number of rotatable bonds is 6. The third-order valence-corrected chi connectivity index (χ3v) is 5.93. The number of ketones is 1. The fraction of sp³-hybridized carbons (Fsp3) is 0.192. The molecule has 9 nitrogen and oxygen atoms in total. The molecular formula is C26H24N6O3. The second kappa shape index (κ2) is 9.02. The number of hydrogen-bond donors (Lipinski definition) is 1. The Balaban J connectivity index is 1.61. The number of nitrogens with one attached hydrogen (secondary N) is 1. The lowest BCUT2D eigenvalue weighted by molar-refractivity contribution is 0.104. The maximum absolute atomic E-state index is 13.3. The smallest absolute Gasteiger partial charge is 0.332 e. The second-order valence-electron chi connectivity index (χ2n) is 8.39. The normalized spacial score (nSPS) is 13.8. The van der Waals surface area contributed by atoms with Crippen molar-refractivity contribution >= 4 is 17.7 Å². The molecule has 0 amide bonds. The number of nitrogens with zero attached hydrogens (tertiary/aromatic N) is 5. The van der Waals surface area contributed by atoms with E-state index >= 15 is 0 Å². The molecular weight excluding hydrogens is 444 g/mol. The summed E-state index contributed by atoms with van der Waals surface area (Å²) >= 11 is 0. The summed E-state index contributed by atoms with van der Waals surface area (Å²) in [6, 6.07) is 13.7. The maximum atomic E-state index is 13.3. The Morgan fingerprint density at radius 1 is 1.06 bits per heavy atom. The first kappa shape index (κ1) is 22.3. The highest BCUT2D eigenvalue weighted by Gasteiger charge is 2.32. The summed E-state index contributed by atoms with van der Waals surface area (Å²) in [6.45, 7) is 2.87. The van der Waals surface area contributed by atoms with E-state index in [1.165, 1.54) is 11.6 Å². The number of benzene rings is 1. The van der Waals surface area contributed by atoms with Crippen molar-refractivity contribution in [2.75, 3.05) is 5.32 Å². The monoisotopic (exact) mass is 468 g/mol. The summed E-state index contributed by atoms with van der Waals surface area (Å²) in [5.74, 6) is -0.200. The van der Waals surface area contributed by atoms with Crippen molar-refractivity contribution < 1.29 is 4.79 Å². The number of carbonyl (C=O) groups is 1. The van der Waals surface area contributed by atoms with Gasteiger partial charge in [-0.15, -0.1) is 0 Å². The van der Waals surface area contributed by atoms with E-state index in [0.29, 0.717) is 30.8 Å². The van der Waals surface area contributed by atoms with Gasteiger partial charge < -0.3 is 5.32 Å². The second-order valence-corrected chi connectivity index (χ2v) is 8.39. The van der Waals surface area contributed by atoms with Crippen LogP contribution in [-0.4, -0.2) is 29.7 Å². The SMILES string of the molecule is CCCn1c2c(c(=O)n(C)c1=O)C(=O)C(=Cc1cn(Cc3ccccc3)nc1-c1cccnc1)N2. The van der Waals surface area contributed by atoms with Crippen molar-refractivity contribution in [3.63, 3.8) is 0 Å². The Labute approximate surface area is 201 Å². The zero-order valence-electron chi connectivity index (χ0n) is 19.4. The molecule has 1 aromatic carbocycles. The number of carbonyl (C=O) groups excluding carboxylic acids is 1. The van der Waals surface area contributed by atoms with Crippen molar-refractivity contribution in [1.29, 1.82) is 0 Å². The number of allylic oxidation sites excluding steroid dienone is 1. The molecule has 0 spiro atoms. The summed E-state index contributed by atoms with van der Waals surface area (Å²) in [4.78, 5) is 42.9. The summed E-state index contributed by atoms with van der Waals surface area (Å²) in [7, 11) is 1.39. The number of Topliss-reactive ketones (excluding diaryl/α,β-unsaturated/α-hetero) is 1. The van der Waals surface area contributed by atoms with Gasteiger partial charge in [0.25, 0.3) is 5.56 Å². The van der Waals surface area contributed by atoms with E-state index in [-0.39, 0.29) is 17.1 Å². The largest absolute Gasteiger partial charge is 0.338 e. The Morgan fingerprint density at radius 3 is 2.57 bits per heavy atom. The number of aromatic nitrogens is 5. The fourth-order valence-electron chi connectivity index (χ4n) is 4.23. The molecule has 4 aromatic rings. The molecule has 176 valence electrons. The zero-order valence-corrected chi connectivity index (χ0v) is 19.4. The van der Waals surface area contributed by atoms with Gasteiger partial charge in [-0.05, 0) is 30.2 Å². The van der Waals surface area contributed by atoms with Crippen LogP contribution < -0.4 is 16.6 Å². The van der Waals surface area contributed by atoms with Gasteiger partial charge in [0, 0.05) is 43.3 Å². The molecule has 0 aliphatic carbocycles. The van der Waals surface area contributed by atoms with E-state index in [9.17, 15) is 14.4 Å². The van der Waals surface area contributed by atoms with Crippen LogP contribution in [0.3, 0.4) is 0 Å². The van der Waals surface area contributed by atoms with Gasteiger partial charge in [-0.2, -0.15) is 5.10 Å². The maximum Gasteiger partial charge on any atom is 0.332 e. The zero-order chi connectivity index (χ0) is 24.5. The van der Waals surface area contributed by atoms with E-state index < -0.39 is 17.0 Å². The molecule has 3 aromatic heterocycles. The van der Waals surface area contributed by atoms with Crippen LogP contribution in [0.4, 0.5) is 5.82 Å². The van der Waals surface area contributed by atoms with Crippen LogP contribution in [-0.2, 0) is 20.1 Å². The van der Waals surface area contributed by atoms with Crippen LogP contribution in [0.25, 0.3) is 17.3 Å². The predicted molar refractivity (Wildman–Crippen MR) is 133 cm³/mol. The standard InChI is InChI=1S/C26H24N6O3/c1-3-12-32-24-21(25(34)30(2)26(32)35)23(33)20(28-24)13-19-16-31(15-17-8-5-4-6-9-17)29-22(19)18-10-7-11-27-14-18/h4-11,13-14,16,28H,3,12,15H2,1-2H3. The number of pyridine rings is 1. The van der Waals surface area contributed by atoms with Crippen LogP contribution >= 0.6 is 0 Å². The highest BCUT2D eigenvalue weighted by Crippen LogP contribution is 2.29. The topological polar surface area (TPSA) is 104 Å². The molecule has 1 aliphatic heterocycles. The molecule has 0 atom stereocenters. The van der Waals surface area contributed by atoms with Crippen LogP contribution in [0.15, 0.2) is 76.3 Å². The summed E-state index contributed by atoms with van der Waals surface area (Å²) in [5.41, 5.74) is 2.37. The third kappa shape index (κ3) is 4.01. The molecule has 35 heavy (non-hydrogen) atoms. The van der Waals surface area contributed by atoms with Gasteiger partial charge in [-0.3, -0.25) is 28.4 Å². The molecule has 5 rings (SSSR count). The van der Waals surface area contributed by atoms with Crippen molar-refractivity contribution in [2.24, 2.45) is 7.05 Å². The molecule has 1 aliphatic rings.